The number of carboxylic acids is 1. The minimum absolute atomic E-state index is 0.147. The van der Waals surface area contributed by atoms with Gasteiger partial charge >= 0.3 is 5.97 Å². The summed E-state index contributed by atoms with van der Waals surface area (Å²) in [5, 5.41) is 8.59. The van der Waals surface area contributed by atoms with Crippen LogP contribution in [0.4, 0.5) is 0 Å². The van der Waals surface area contributed by atoms with Crippen LogP contribution in [0.25, 0.3) is 0 Å². The van der Waals surface area contributed by atoms with Gasteiger partial charge in [-0.05, 0) is 29.5 Å². The number of aliphatic carboxylic acids is 1. The average molecular weight is 283 g/mol. The summed E-state index contributed by atoms with van der Waals surface area (Å²) in [5.41, 5.74) is 1.05. The third kappa shape index (κ3) is 4.62. The van der Waals surface area contributed by atoms with Crippen LogP contribution in [0.2, 0.25) is 0 Å². The Morgan fingerprint density at radius 3 is 2.44 bits per heavy atom. The predicted octanol–water partition coefficient (Wildman–Crippen LogP) is 3.66. The molecule has 1 aromatic rings. The molecule has 1 rings (SSSR count). The number of benzene rings is 1. The van der Waals surface area contributed by atoms with Crippen LogP contribution in [0.5, 0.6) is 0 Å². The van der Waals surface area contributed by atoms with Gasteiger partial charge in [0.15, 0.2) is 0 Å². The van der Waals surface area contributed by atoms with Gasteiger partial charge in [0.1, 0.15) is 0 Å². The number of hydrogen-bond donors (Lipinski definition) is 1. The second-order valence-corrected chi connectivity index (χ2v) is 5.38. The summed E-state index contributed by atoms with van der Waals surface area (Å²) in [6.45, 7) is 4.04. The first-order chi connectivity index (χ1) is 7.39. The van der Waals surface area contributed by atoms with Gasteiger partial charge in [0.05, 0.1) is 0 Å². The maximum absolute atomic E-state index is 10.5. The fourth-order valence-corrected chi connectivity index (χ4v) is 1.75. The fraction of sp³-hybridized carbons (Fsp3) is 0.308. The lowest BCUT2D eigenvalue weighted by atomic mass is 9.85. The van der Waals surface area contributed by atoms with Crippen molar-refractivity contribution in [2.75, 3.05) is 0 Å². The third-order valence-corrected chi connectivity index (χ3v) is 2.78. The lowest BCUT2D eigenvalue weighted by Crippen LogP contribution is -2.12. The average Bonchev–Trinajstić information content (AvgIpc) is 2.19. The van der Waals surface area contributed by atoms with E-state index in [4.69, 9.17) is 5.11 Å². The maximum Gasteiger partial charge on any atom is 0.327 e. The Balaban J connectivity index is 2.72. The van der Waals surface area contributed by atoms with Gasteiger partial charge in [-0.3, -0.25) is 0 Å². The highest BCUT2D eigenvalue weighted by molar-refractivity contribution is 9.10. The summed E-state index contributed by atoms with van der Waals surface area (Å²) in [6.07, 6.45) is 3.76. The van der Waals surface area contributed by atoms with Gasteiger partial charge in [-0.2, -0.15) is 0 Å². The number of rotatable bonds is 4. The molecule has 0 bridgehead atoms. The Labute approximate surface area is 104 Å². The van der Waals surface area contributed by atoms with Crippen molar-refractivity contribution in [1.82, 2.24) is 0 Å². The van der Waals surface area contributed by atoms with Crippen molar-refractivity contribution in [1.29, 1.82) is 0 Å². The molecule has 0 aliphatic rings. The number of halogens is 1. The van der Waals surface area contributed by atoms with E-state index in [0.29, 0.717) is 0 Å². The summed E-state index contributed by atoms with van der Waals surface area (Å²) in [5.74, 6) is -0.899. The molecule has 0 saturated carbocycles. The second kappa shape index (κ2) is 5.30. The molecule has 1 aromatic carbocycles. The van der Waals surface area contributed by atoms with Crippen molar-refractivity contribution in [2.45, 2.75) is 20.3 Å². The Morgan fingerprint density at radius 2 is 1.94 bits per heavy atom. The smallest absolute Gasteiger partial charge is 0.327 e. The van der Waals surface area contributed by atoms with Crippen LogP contribution in [0.15, 0.2) is 40.9 Å². The molecule has 0 atom stereocenters. The van der Waals surface area contributed by atoms with Crippen LogP contribution >= 0.6 is 15.9 Å². The van der Waals surface area contributed by atoms with Crippen molar-refractivity contribution < 1.29 is 9.90 Å². The van der Waals surface area contributed by atoms with Crippen molar-refractivity contribution in [2.24, 2.45) is 5.41 Å². The zero-order chi connectivity index (χ0) is 12.2. The van der Waals surface area contributed by atoms with E-state index in [9.17, 15) is 4.79 Å². The Bertz CT molecular complexity index is 391. The Hall–Kier alpha value is -1.09. The number of hydrogen-bond acceptors (Lipinski definition) is 1. The molecule has 86 valence electrons. The van der Waals surface area contributed by atoms with E-state index in [2.05, 4.69) is 15.9 Å². The highest BCUT2D eigenvalue weighted by atomic mass is 79.9. The fourth-order valence-electron chi connectivity index (χ4n) is 1.48. The van der Waals surface area contributed by atoms with Crippen LogP contribution in [0.3, 0.4) is 0 Å². The summed E-state index contributed by atoms with van der Waals surface area (Å²) in [4.78, 5) is 10.5. The van der Waals surface area contributed by atoms with E-state index < -0.39 is 5.97 Å². The van der Waals surface area contributed by atoms with E-state index >= 15 is 0 Å². The normalized spacial score (nSPS) is 11.9. The summed E-state index contributed by atoms with van der Waals surface area (Å²) < 4.78 is 1.05. The van der Waals surface area contributed by atoms with E-state index in [1.165, 1.54) is 11.6 Å². The summed E-state index contributed by atoms with van der Waals surface area (Å²) in [6, 6.07) is 8.07. The largest absolute Gasteiger partial charge is 0.478 e. The molecule has 2 nitrogen and oxygen atoms in total. The summed E-state index contributed by atoms with van der Waals surface area (Å²) in [7, 11) is 0. The first kappa shape index (κ1) is 13.0. The van der Waals surface area contributed by atoms with Crippen molar-refractivity contribution in [3.05, 3.63) is 46.5 Å². The quantitative estimate of drug-likeness (QED) is 0.856. The monoisotopic (exact) mass is 282 g/mol. The van der Waals surface area contributed by atoms with Crippen molar-refractivity contribution in [3.63, 3.8) is 0 Å². The molecule has 0 heterocycles. The van der Waals surface area contributed by atoms with Crippen LogP contribution in [-0.4, -0.2) is 11.1 Å². The maximum atomic E-state index is 10.5. The SMILES string of the molecule is CC(C)(/C=C/C(=O)O)Cc1ccc(Br)cc1. The van der Waals surface area contributed by atoms with E-state index in [0.717, 1.165) is 10.9 Å². The molecule has 0 spiro atoms. The zero-order valence-electron chi connectivity index (χ0n) is 9.40. The molecule has 3 heteroatoms. The highest BCUT2D eigenvalue weighted by Crippen LogP contribution is 2.24. The van der Waals surface area contributed by atoms with Crippen LogP contribution in [0, 0.1) is 5.41 Å². The van der Waals surface area contributed by atoms with E-state index in [1.54, 1.807) is 6.08 Å². The van der Waals surface area contributed by atoms with Crippen molar-refractivity contribution in [3.8, 4) is 0 Å². The Morgan fingerprint density at radius 1 is 1.38 bits per heavy atom. The molecule has 0 aromatic heterocycles. The molecular formula is C13H15BrO2. The topological polar surface area (TPSA) is 37.3 Å². The van der Waals surface area contributed by atoms with Gasteiger partial charge in [0, 0.05) is 10.5 Å². The molecule has 0 radical (unpaired) electrons. The molecule has 0 saturated heterocycles. The molecule has 0 aliphatic heterocycles. The zero-order valence-corrected chi connectivity index (χ0v) is 11.0. The molecule has 1 N–H and O–H groups in total. The van der Waals surface area contributed by atoms with Gasteiger partial charge < -0.3 is 5.11 Å². The number of carbonyl (C=O) groups is 1. The Kier molecular flexibility index (Phi) is 4.30. The molecule has 0 aliphatic carbocycles. The lowest BCUT2D eigenvalue weighted by molar-refractivity contribution is -0.131. The first-order valence-corrected chi connectivity index (χ1v) is 5.85. The molecule has 16 heavy (non-hydrogen) atoms. The van der Waals surface area contributed by atoms with Crippen molar-refractivity contribution >= 4 is 21.9 Å². The second-order valence-electron chi connectivity index (χ2n) is 4.46. The van der Waals surface area contributed by atoms with Gasteiger partial charge in [-0.15, -0.1) is 0 Å². The third-order valence-electron chi connectivity index (χ3n) is 2.25. The van der Waals surface area contributed by atoms with Gasteiger partial charge in [0.25, 0.3) is 0 Å². The standard InChI is InChI=1S/C13H15BrO2/c1-13(2,8-7-12(15)16)9-10-3-5-11(14)6-4-10/h3-8H,9H2,1-2H3,(H,15,16)/b8-7+. The number of carboxylic acid groups (broad SMARTS) is 1. The predicted molar refractivity (Wildman–Crippen MR) is 68.4 cm³/mol. The molecule has 0 unspecified atom stereocenters. The van der Waals surface area contributed by atoms with Gasteiger partial charge in [-0.25, -0.2) is 4.79 Å². The van der Waals surface area contributed by atoms with Gasteiger partial charge in [0.2, 0.25) is 0 Å². The molecule has 0 fully saturated rings. The number of allylic oxidation sites excluding steroid dienone is 1. The first-order valence-electron chi connectivity index (χ1n) is 5.06. The van der Waals surface area contributed by atoms with Gasteiger partial charge in [-0.1, -0.05) is 48.0 Å². The summed E-state index contributed by atoms with van der Waals surface area (Å²) >= 11 is 3.38. The van der Waals surface area contributed by atoms with Crippen LogP contribution in [-0.2, 0) is 11.2 Å². The van der Waals surface area contributed by atoms with E-state index in [-0.39, 0.29) is 5.41 Å². The highest BCUT2D eigenvalue weighted by Gasteiger charge is 2.15. The van der Waals surface area contributed by atoms with Crippen LogP contribution in [0.1, 0.15) is 19.4 Å². The molecular weight excluding hydrogens is 268 g/mol. The minimum atomic E-state index is -0.899. The van der Waals surface area contributed by atoms with Crippen LogP contribution < -0.4 is 0 Å². The molecule has 0 amide bonds. The minimum Gasteiger partial charge on any atom is -0.478 e. The van der Waals surface area contributed by atoms with E-state index in [1.807, 2.05) is 38.1 Å². The lowest BCUT2D eigenvalue weighted by Gasteiger charge is -2.19.